The second-order valence-corrected chi connectivity index (χ2v) is 4.45. The molecule has 1 N–H and O–H groups in total. The summed E-state index contributed by atoms with van der Waals surface area (Å²) in [4.78, 5) is 0. The van der Waals surface area contributed by atoms with Crippen molar-refractivity contribution in [2.75, 3.05) is 0 Å². The number of hydrogen-bond donors (Lipinski definition) is 1. The maximum absolute atomic E-state index is 13.3. The van der Waals surface area contributed by atoms with Crippen LogP contribution < -0.4 is 5.43 Å². The van der Waals surface area contributed by atoms with Gasteiger partial charge in [0.1, 0.15) is 0 Å². The monoisotopic (exact) mass is 318 g/mol. The molecule has 2 nitrogen and oxygen atoms in total. The van der Waals surface area contributed by atoms with Crippen molar-refractivity contribution in [1.82, 2.24) is 5.43 Å². The Kier molecular flexibility index (Phi) is 3.47. The highest BCUT2D eigenvalue weighted by Crippen LogP contribution is 2.41. The first-order chi connectivity index (χ1) is 8.49. The molecule has 0 aliphatic carbocycles. The summed E-state index contributed by atoms with van der Waals surface area (Å²) in [6.45, 7) is 0. The number of benzene rings is 1. The molecule has 0 fully saturated rings. The number of halogens is 4. The van der Waals surface area contributed by atoms with Gasteiger partial charge in [-0.25, -0.2) is 0 Å². The summed E-state index contributed by atoms with van der Waals surface area (Å²) in [5, 5.41) is 4.13. The van der Waals surface area contributed by atoms with Gasteiger partial charge in [-0.1, -0.05) is 40.2 Å². The van der Waals surface area contributed by atoms with Gasteiger partial charge in [0.2, 0.25) is 0 Å². The van der Waals surface area contributed by atoms with Crippen LogP contribution in [0.3, 0.4) is 0 Å². The van der Waals surface area contributed by atoms with Crippen LogP contribution in [0.2, 0.25) is 0 Å². The van der Waals surface area contributed by atoms with Crippen LogP contribution in [0.25, 0.3) is 0 Å². The van der Waals surface area contributed by atoms with Gasteiger partial charge >= 0.3 is 6.18 Å². The van der Waals surface area contributed by atoms with Crippen molar-refractivity contribution in [2.24, 2.45) is 5.10 Å². The van der Waals surface area contributed by atoms with Crippen LogP contribution in [-0.4, -0.2) is 12.4 Å². The second-order valence-electron chi connectivity index (χ2n) is 3.89. The summed E-state index contributed by atoms with van der Waals surface area (Å²) >= 11 is 3.26. The zero-order valence-corrected chi connectivity index (χ0v) is 10.8. The van der Waals surface area contributed by atoms with Crippen LogP contribution in [0.5, 0.6) is 0 Å². The molecule has 0 amide bonds. The number of rotatable bonds is 2. The lowest BCUT2D eigenvalue weighted by atomic mass is 9.88. The summed E-state index contributed by atoms with van der Waals surface area (Å²) in [6.07, 6.45) is -0.806. The first-order valence-electron chi connectivity index (χ1n) is 5.20. The molecule has 0 radical (unpaired) electrons. The summed E-state index contributed by atoms with van der Waals surface area (Å²) in [5.74, 6) is 0. The van der Waals surface area contributed by atoms with Crippen LogP contribution in [-0.2, 0) is 10.9 Å². The van der Waals surface area contributed by atoms with E-state index in [0.29, 0.717) is 5.33 Å². The molecule has 1 aromatic rings. The average Bonchev–Trinajstić information content (AvgIpc) is 2.38. The fourth-order valence-electron chi connectivity index (χ4n) is 1.75. The van der Waals surface area contributed by atoms with E-state index in [2.05, 4.69) is 26.5 Å². The minimum absolute atomic E-state index is 0.118. The molecule has 0 saturated heterocycles. The minimum atomic E-state index is -4.46. The van der Waals surface area contributed by atoms with Crippen molar-refractivity contribution < 1.29 is 13.2 Å². The first-order valence-corrected chi connectivity index (χ1v) is 6.32. The largest absolute Gasteiger partial charge is 0.420 e. The lowest BCUT2D eigenvalue weighted by molar-refractivity contribution is -0.185. The van der Waals surface area contributed by atoms with Gasteiger partial charge in [0.05, 0.1) is 0 Å². The lowest BCUT2D eigenvalue weighted by Crippen LogP contribution is -2.51. The highest BCUT2D eigenvalue weighted by molar-refractivity contribution is 9.08. The third kappa shape index (κ3) is 2.16. The molecule has 2 rings (SSSR count). The molecule has 1 heterocycles. The zero-order chi connectivity index (χ0) is 13.2. The third-order valence-corrected chi connectivity index (χ3v) is 3.41. The van der Waals surface area contributed by atoms with E-state index in [-0.39, 0.29) is 5.56 Å². The maximum Gasteiger partial charge on any atom is 0.420 e. The summed E-state index contributed by atoms with van der Waals surface area (Å²) in [5.41, 5.74) is 0.963. The normalized spacial score (nSPS) is 22.9. The van der Waals surface area contributed by atoms with E-state index in [0.717, 1.165) is 11.6 Å². The van der Waals surface area contributed by atoms with Crippen LogP contribution in [0.4, 0.5) is 13.2 Å². The number of alkyl halides is 4. The SMILES string of the molecule is FC(F)(F)C1(c2ccc(CBr)cc2)C=CC=NN1. The van der Waals surface area contributed by atoms with Crippen molar-refractivity contribution in [2.45, 2.75) is 17.0 Å². The number of nitrogens with zero attached hydrogens (tertiary/aromatic N) is 1. The van der Waals surface area contributed by atoms with Gasteiger partial charge in [0, 0.05) is 11.5 Å². The molecule has 1 aliphatic heterocycles. The zero-order valence-electron chi connectivity index (χ0n) is 9.21. The average molecular weight is 319 g/mol. The quantitative estimate of drug-likeness (QED) is 0.829. The fraction of sp³-hybridized carbons (Fsp3) is 0.250. The topological polar surface area (TPSA) is 24.4 Å². The Bertz CT molecular complexity index is 479. The van der Waals surface area contributed by atoms with Crippen molar-refractivity contribution in [3.05, 3.63) is 47.5 Å². The molecule has 1 unspecified atom stereocenters. The molecule has 0 saturated carbocycles. The van der Waals surface area contributed by atoms with Gasteiger partial charge in [-0.3, -0.25) is 5.43 Å². The smallest absolute Gasteiger partial charge is 0.286 e. The first kappa shape index (κ1) is 13.1. The van der Waals surface area contributed by atoms with Gasteiger partial charge < -0.3 is 0 Å². The summed E-state index contributed by atoms with van der Waals surface area (Å²) in [6, 6.07) is 6.24. The van der Waals surface area contributed by atoms with Crippen molar-refractivity contribution in [1.29, 1.82) is 0 Å². The van der Waals surface area contributed by atoms with E-state index in [9.17, 15) is 13.2 Å². The van der Waals surface area contributed by atoms with Gasteiger partial charge in [-0.15, -0.1) is 0 Å². The molecule has 96 valence electrons. The van der Waals surface area contributed by atoms with E-state index in [4.69, 9.17) is 0 Å². The molecule has 6 heteroatoms. The molecule has 0 bridgehead atoms. The third-order valence-electron chi connectivity index (χ3n) is 2.76. The highest BCUT2D eigenvalue weighted by Gasteiger charge is 2.55. The van der Waals surface area contributed by atoms with Crippen molar-refractivity contribution >= 4 is 22.1 Å². The summed E-state index contributed by atoms with van der Waals surface area (Å²) < 4.78 is 39.8. The lowest BCUT2D eigenvalue weighted by Gasteiger charge is -2.34. The molecule has 1 aromatic carbocycles. The number of allylic oxidation sites excluding steroid dienone is 1. The Morgan fingerprint density at radius 3 is 2.33 bits per heavy atom. The molecular formula is C12H10BrF3N2. The van der Waals surface area contributed by atoms with Crippen molar-refractivity contribution in [3.8, 4) is 0 Å². The Morgan fingerprint density at radius 2 is 1.89 bits per heavy atom. The van der Waals surface area contributed by atoms with E-state index in [1.807, 2.05) is 0 Å². The maximum atomic E-state index is 13.3. The van der Waals surface area contributed by atoms with Crippen molar-refractivity contribution in [3.63, 3.8) is 0 Å². The van der Waals surface area contributed by atoms with Crippen LogP contribution >= 0.6 is 15.9 Å². The number of hydrogen-bond acceptors (Lipinski definition) is 2. The molecule has 1 aliphatic rings. The van der Waals surface area contributed by atoms with E-state index < -0.39 is 11.7 Å². The fourth-order valence-corrected chi connectivity index (χ4v) is 2.12. The number of nitrogens with one attached hydrogen (secondary N) is 1. The molecule has 0 spiro atoms. The standard InChI is InChI=1S/C12H10BrF3N2/c13-8-9-2-4-10(5-3-9)11(12(14,15)16)6-1-7-17-18-11/h1-7,18H,8H2. The Balaban J connectivity index is 2.47. The second kappa shape index (κ2) is 4.76. The Labute approximate surface area is 111 Å². The molecule has 18 heavy (non-hydrogen) atoms. The molecular weight excluding hydrogens is 309 g/mol. The van der Waals surface area contributed by atoms with Gasteiger partial charge in [0.25, 0.3) is 0 Å². The molecule has 0 aromatic heterocycles. The van der Waals surface area contributed by atoms with Crippen LogP contribution in [0.1, 0.15) is 11.1 Å². The van der Waals surface area contributed by atoms with E-state index >= 15 is 0 Å². The Hall–Kier alpha value is -1.30. The predicted molar refractivity (Wildman–Crippen MR) is 67.6 cm³/mol. The molecule has 1 atom stereocenters. The predicted octanol–water partition coefficient (Wildman–Crippen LogP) is 3.48. The minimum Gasteiger partial charge on any atom is -0.286 e. The van der Waals surface area contributed by atoms with Crippen LogP contribution in [0, 0.1) is 0 Å². The van der Waals surface area contributed by atoms with Gasteiger partial charge in [-0.2, -0.15) is 18.3 Å². The van der Waals surface area contributed by atoms with E-state index in [1.165, 1.54) is 24.4 Å². The van der Waals surface area contributed by atoms with Crippen LogP contribution in [0.15, 0.2) is 41.5 Å². The van der Waals surface area contributed by atoms with E-state index in [1.54, 1.807) is 12.1 Å². The van der Waals surface area contributed by atoms with Gasteiger partial charge in [0.15, 0.2) is 5.54 Å². The summed E-state index contributed by atoms with van der Waals surface area (Å²) in [7, 11) is 0. The van der Waals surface area contributed by atoms with Gasteiger partial charge in [-0.05, 0) is 23.3 Å². The number of hydrazone groups is 1. The Morgan fingerprint density at radius 1 is 1.22 bits per heavy atom. The highest BCUT2D eigenvalue weighted by atomic mass is 79.9.